The van der Waals surface area contributed by atoms with Crippen LogP contribution in [0.25, 0.3) is 0 Å². The van der Waals surface area contributed by atoms with E-state index in [0.717, 1.165) is 30.6 Å². The Hall–Kier alpha value is -2.22. The summed E-state index contributed by atoms with van der Waals surface area (Å²) in [5.74, 6) is 1.29. The molecule has 1 aromatic carbocycles. The fraction of sp³-hybridized carbons (Fsp3) is 0.619. The Kier molecular flexibility index (Phi) is 6.90. The van der Waals surface area contributed by atoms with Gasteiger partial charge >= 0.3 is 6.09 Å². The highest BCUT2D eigenvalue weighted by Gasteiger charge is 2.28. The Balaban J connectivity index is 1.98. The van der Waals surface area contributed by atoms with Gasteiger partial charge in [-0.15, -0.1) is 0 Å². The summed E-state index contributed by atoms with van der Waals surface area (Å²) in [7, 11) is 0. The van der Waals surface area contributed by atoms with Crippen LogP contribution in [0.15, 0.2) is 18.2 Å². The minimum Gasteiger partial charge on any atom is -0.493 e. The van der Waals surface area contributed by atoms with Crippen molar-refractivity contribution in [3.8, 4) is 11.8 Å². The summed E-state index contributed by atoms with van der Waals surface area (Å²) >= 11 is 0. The van der Waals surface area contributed by atoms with Crippen molar-refractivity contribution >= 4 is 6.09 Å². The number of nitrogens with zero attached hydrogens (tertiary/aromatic N) is 2. The number of hydrogen-bond acceptors (Lipinski definition) is 4. The van der Waals surface area contributed by atoms with Gasteiger partial charge in [0.15, 0.2) is 0 Å². The van der Waals surface area contributed by atoms with Gasteiger partial charge in [0.05, 0.1) is 12.7 Å². The fourth-order valence-corrected chi connectivity index (χ4v) is 3.14. The fourth-order valence-electron chi connectivity index (χ4n) is 3.14. The van der Waals surface area contributed by atoms with Gasteiger partial charge < -0.3 is 14.4 Å². The maximum Gasteiger partial charge on any atom is 0.410 e. The molecule has 1 heterocycles. The maximum absolute atomic E-state index is 12.2. The van der Waals surface area contributed by atoms with Crippen LogP contribution >= 0.6 is 0 Å². The number of likely N-dealkylation sites (tertiary alicyclic amines) is 1. The molecule has 5 heteroatoms. The zero-order valence-corrected chi connectivity index (χ0v) is 16.4. The smallest absolute Gasteiger partial charge is 0.410 e. The SMILES string of the molecule is Cc1ccc(C2CCN(C(=O)OC(C)(C)C)CC2)c(OCCCC#N)c1. The molecule has 0 radical (unpaired) electrons. The number of hydrogen-bond donors (Lipinski definition) is 0. The molecular formula is C21H30N2O3. The minimum atomic E-state index is -0.463. The molecule has 0 N–H and O–H groups in total. The second kappa shape index (κ2) is 8.93. The molecular weight excluding hydrogens is 328 g/mol. The molecule has 0 aliphatic carbocycles. The van der Waals surface area contributed by atoms with Crippen molar-refractivity contribution in [2.24, 2.45) is 0 Å². The Labute approximate surface area is 156 Å². The van der Waals surface area contributed by atoms with E-state index in [2.05, 4.69) is 31.2 Å². The van der Waals surface area contributed by atoms with Gasteiger partial charge in [0, 0.05) is 19.5 Å². The first-order valence-electron chi connectivity index (χ1n) is 9.38. The molecule has 1 saturated heterocycles. The third-order valence-electron chi connectivity index (χ3n) is 4.45. The number of benzene rings is 1. The Morgan fingerprint density at radius 1 is 1.31 bits per heavy atom. The first-order chi connectivity index (χ1) is 12.3. The molecule has 1 aliphatic heterocycles. The molecule has 0 unspecified atom stereocenters. The van der Waals surface area contributed by atoms with E-state index in [1.54, 1.807) is 4.90 Å². The van der Waals surface area contributed by atoms with Gasteiger partial charge in [-0.05, 0) is 70.1 Å². The lowest BCUT2D eigenvalue weighted by atomic mass is 9.88. The van der Waals surface area contributed by atoms with Crippen molar-refractivity contribution < 1.29 is 14.3 Å². The molecule has 0 spiro atoms. The summed E-state index contributed by atoms with van der Waals surface area (Å²) in [6.07, 6.45) is 2.82. The number of aryl methyl sites for hydroxylation is 1. The molecule has 0 saturated carbocycles. The van der Waals surface area contributed by atoms with Gasteiger partial charge in [-0.3, -0.25) is 0 Å². The zero-order valence-electron chi connectivity index (χ0n) is 16.4. The van der Waals surface area contributed by atoms with E-state index >= 15 is 0 Å². The number of amides is 1. The van der Waals surface area contributed by atoms with Crippen molar-refractivity contribution in [2.75, 3.05) is 19.7 Å². The van der Waals surface area contributed by atoms with E-state index in [9.17, 15) is 4.79 Å². The van der Waals surface area contributed by atoms with Crippen LogP contribution in [0.1, 0.15) is 63.5 Å². The predicted molar refractivity (Wildman–Crippen MR) is 101 cm³/mol. The van der Waals surface area contributed by atoms with E-state index in [0.29, 0.717) is 32.0 Å². The molecule has 5 nitrogen and oxygen atoms in total. The lowest BCUT2D eigenvalue weighted by Crippen LogP contribution is -2.41. The van der Waals surface area contributed by atoms with Gasteiger partial charge in [-0.1, -0.05) is 12.1 Å². The molecule has 0 bridgehead atoms. The number of unbranched alkanes of at least 4 members (excludes halogenated alkanes) is 1. The van der Waals surface area contributed by atoms with E-state index < -0.39 is 5.60 Å². The van der Waals surface area contributed by atoms with Gasteiger partial charge in [0.25, 0.3) is 0 Å². The summed E-state index contributed by atoms with van der Waals surface area (Å²) in [4.78, 5) is 14.0. The number of carbonyl (C=O) groups is 1. The summed E-state index contributed by atoms with van der Waals surface area (Å²) in [5, 5.41) is 8.66. The van der Waals surface area contributed by atoms with Crippen molar-refractivity contribution in [3.05, 3.63) is 29.3 Å². The number of nitriles is 1. The van der Waals surface area contributed by atoms with Gasteiger partial charge in [-0.2, -0.15) is 5.26 Å². The normalized spacial score (nSPS) is 15.4. The first-order valence-corrected chi connectivity index (χ1v) is 9.38. The van der Waals surface area contributed by atoms with Crippen LogP contribution in [0.2, 0.25) is 0 Å². The molecule has 1 aliphatic rings. The maximum atomic E-state index is 12.2. The van der Waals surface area contributed by atoms with E-state index in [1.807, 2.05) is 20.8 Å². The van der Waals surface area contributed by atoms with Gasteiger partial charge in [0.2, 0.25) is 0 Å². The number of ether oxygens (including phenoxy) is 2. The molecule has 2 rings (SSSR count). The second-order valence-corrected chi connectivity index (χ2v) is 7.89. The summed E-state index contributed by atoms with van der Waals surface area (Å²) in [6.45, 7) is 9.67. The van der Waals surface area contributed by atoms with Crippen LogP contribution in [0.5, 0.6) is 5.75 Å². The lowest BCUT2D eigenvalue weighted by Gasteiger charge is -2.34. The van der Waals surface area contributed by atoms with Crippen molar-refractivity contribution in [1.82, 2.24) is 4.90 Å². The van der Waals surface area contributed by atoms with Gasteiger partial charge in [0.1, 0.15) is 11.4 Å². The predicted octanol–water partition coefficient (Wildman–Crippen LogP) is 4.79. The highest BCUT2D eigenvalue weighted by atomic mass is 16.6. The van der Waals surface area contributed by atoms with Gasteiger partial charge in [-0.25, -0.2) is 4.79 Å². The zero-order chi connectivity index (χ0) is 19.2. The Bertz CT molecular complexity index is 650. The molecule has 142 valence electrons. The Morgan fingerprint density at radius 3 is 2.62 bits per heavy atom. The number of piperidine rings is 1. The van der Waals surface area contributed by atoms with Crippen LogP contribution < -0.4 is 4.74 Å². The summed E-state index contributed by atoms with van der Waals surface area (Å²) in [6, 6.07) is 8.47. The van der Waals surface area contributed by atoms with Crippen LogP contribution in [-0.2, 0) is 4.74 Å². The summed E-state index contributed by atoms with van der Waals surface area (Å²) < 4.78 is 11.4. The topological polar surface area (TPSA) is 62.6 Å². The third kappa shape index (κ3) is 5.94. The van der Waals surface area contributed by atoms with Crippen LogP contribution in [-0.4, -0.2) is 36.3 Å². The van der Waals surface area contributed by atoms with Crippen molar-refractivity contribution in [1.29, 1.82) is 5.26 Å². The Morgan fingerprint density at radius 2 is 2.00 bits per heavy atom. The standard InChI is InChI=1S/C21H30N2O3/c1-16-7-8-18(19(15-16)25-14-6-5-11-22)17-9-12-23(13-10-17)20(24)26-21(2,3)4/h7-8,15,17H,5-6,9-10,12-14H2,1-4H3. The molecule has 0 atom stereocenters. The lowest BCUT2D eigenvalue weighted by molar-refractivity contribution is 0.0204. The summed E-state index contributed by atoms with van der Waals surface area (Å²) in [5.41, 5.74) is 1.90. The van der Waals surface area contributed by atoms with Crippen LogP contribution in [0.4, 0.5) is 4.79 Å². The second-order valence-electron chi connectivity index (χ2n) is 7.89. The quantitative estimate of drug-likeness (QED) is 0.710. The van der Waals surface area contributed by atoms with Crippen molar-refractivity contribution in [2.45, 2.75) is 64.9 Å². The number of rotatable bonds is 5. The highest BCUT2D eigenvalue weighted by Crippen LogP contribution is 2.35. The highest BCUT2D eigenvalue weighted by molar-refractivity contribution is 5.68. The third-order valence-corrected chi connectivity index (χ3v) is 4.45. The average Bonchev–Trinajstić information content (AvgIpc) is 2.57. The number of carbonyl (C=O) groups excluding carboxylic acids is 1. The van der Waals surface area contributed by atoms with Crippen LogP contribution in [0, 0.1) is 18.3 Å². The largest absolute Gasteiger partial charge is 0.493 e. The molecule has 0 aromatic heterocycles. The molecule has 1 aromatic rings. The minimum absolute atomic E-state index is 0.229. The molecule has 1 amide bonds. The van der Waals surface area contributed by atoms with E-state index in [4.69, 9.17) is 14.7 Å². The average molecular weight is 358 g/mol. The molecule has 1 fully saturated rings. The van der Waals surface area contributed by atoms with Crippen molar-refractivity contribution in [3.63, 3.8) is 0 Å². The van der Waals surface area contributed by atoms with E-state index in [1.165, 1.54) is 5.56 Å². The molecule has 26 heavy (non-hydrogen) atoms. The first kappa shape index (κ1) is 20.1. The monoisotopic (exact) mass is 358 g/mol. The van der Waals surface area contributed by atoms with E-state index in [-0.39, 0.29) is 6.09 Å². The van der Waals surface area contributed by atoms with Crippen LogP contribution in [0.3, 0.4) is 0 Å².